The molecule has 5 heterocycles. The van der Waals surface area contributed by atoms with Gasteiger partial charge < -0.3 is 19.4 Å². The van der Waals surface area contributed by atoms with Crippen LogP contribution in [0.4, 0.5) is 5.82 Å². The van der Waals surface area contributed by atoms with E-state index in [1.807, 2.05) is 24.5 Å². The maximum absolute atomic E-state index is 5.87. The third-order valence-corrected chi connectivity index (χ3v) is 6.57. The van der Waals surface area contributed by atoms with E-state index in [0.717, 1.165) is 53.5 Å². The molecule has 3 aromatic heterocycles. The number of hydrogen-bond acceptors (Lipinski definition) is 6. The van der Waals surface area contributed by atoms with Gasteiger partial charge in [0.25, 0.3) is 0 Å². The van der Waals surface area contributed by atoms with Crippen molar-refractivity contribution in [2.24, 2.45) is 5.41 Å². The SMILES string of the molecule is C[C@@H]1COCCN1c1cc([C@@H]2COCCC2(C)C)nc(-c2ccnc3[nH]ccc23)n1. The van der Waals surface area contributed by atoms with E-state index in [1.165, 1.54) is 0 Å². The van der Waals surface area contributed by atoms with Crippen LogP contribution >= 0.6 is 0 Å². The fourth-order valence-electron chi connectivity index (χ4n) is 4.54. The minimum Gasteiger partial charge on any atom is -0.381 e. The van der Waals surface area contributed by atoms with Crippen molar-refractivity contribution in [2.45, 2.75) is 39.2 Å². The third-order valence-electron chi connectivity index (χ3n) is 6.57. The summed E-state index contributed by atoms with van der Waals surface area (Å²) in [6.45, 7) is 10.6. The second kappa shape index (κ2) is 7.63. The molecule has 2 saturated heterocycles. The van der Waals surface area contributed by atoms with Crippen molar-refractivity contribution < 1.29 is 9.47 Å². The van der Waals surface area contributed by atoms with Crippen molar-refractivity contribution in [3.05, 3.63) is 36.3 Å². The normalized spacial score (nSPS) is 24.3. The van der Waals surface area contributed by atoms with Crippen LogP contribution < -0.4 is 4.90 Å². The lowest BCUT2D eigenvalue weighted by Gasteiger charge is -2.39. The summed E-state index contributed by atoms with van der Waals surface area (Å²) in [6, 6.07) is 6.49. The Labute approximate surface area is 176 Å². The molecule has 0 aromatic carbocycles. The highest BCUT2D eigenvalue weighted by Crippen LogP contribution is 2.42. The maximum Gasteiger partial charge on any atom is 0.162 e. The van der Waals surface area contributed by atoms with Crippen molar-refractivity contribution in [3.63, 3.8) is 0 Å². The van der Waals surface area contributed by atoms with Gasteiger partial charge >= 0.3 is 0 Å². The van der Waals surface area contributed by atoms with Gasteiger partial charge in [-0.05, 0) is 30.9 Å². The highest BCUT2D eigenvalue weighted by Gasteiger charge is 2.36. The monoisotopic (exact) mass is 407 g/mol. The molecule has 158 valence electrons. The number of anilines is 1. The Morgan fingerprint density at radius 2 is 2.00 bits per heavy atom. The lowest BCUT2D eigenvalue weighted by molar-refractivity contribution is 0.00889. The molecule has 7 heteroatoms. The molecule has 5 rings (SSSR count). The zero-order valence-electron chi connectivity index (χ0n) is 17.9. The molecule has 2 atom stereocenters. The molecular formula is C23H29N5O2. The van der Waals surface area contributed by atoms with Gasteiger partial charge in [0.05, 0.1) is 31.6 Å². The molecule has 0 unspecified atom stereocenters. The molecule has 1 N–H and O–H groups in total. The van der Waals surface area contributed by atoms with Crippen LogP contribution in [0.2, 0.25) is 0 Å². The second-order valence-electron chi connectivity index (χ2n) is 9.06. The number of nitrogens with zero attached hydrogens (tertiary/aromatic N) is 4. The molecule has 0 amide bonds. The summed E-state index contributed by atoms with van der Waals surface area (Å²) in [7, 11) is 0. The Morgan fingerprint density at radius 3 is 2.83 bits per heavy atom. The molecule has 0 bridgehead atoms. The molecule has 30 heavy (non-hydrogen) atoms. The molecule has 2 aliphatic heterocycles. The average molecular weight is 408 g/mol. The van der Waals surface area contributed by atoms with Crippen LogP contribution in [0.1, 0.15) is 38.8 Å². The Kier molecular flexibility index (Phi) is 4.95. The van der Waals surface area contributed by atoms with E-state index in [1.54, 1.807) is 0 Å². The summed E-state index contributed by atoms with van der Waals surface area (Å²) in [6.07, 6.45) is 4.75. The molecule has 2 aliphatic rings. The summed E-state index contributed by atoms with van der Waals surface area (Å²) in [5.74, 6) is 1.94. The number of hydrogen-bond donors (Lipinski definition) is 1. The van der Waals surface area contributed by atoms with E-state index in [0.29, 0.717) is 19.8 Å². The molecule has 0 aliphatic carbocycles. The lowest BCUT2D eigenvalue weighted by Crippen LogP contribution is -2.44. The number of morpholine rings is 1. The summed E-state index contributed by atoms with van der Waals surface area (Å²) in [5, 5.41) is 1.04. The number of H-pyrrole nitrogens is 1. The number of rotatable bonds is 3. The third kappa shape index (κ3) is 3.46. The molecular weight excluding hydrogens is 378 g/mol. The van der Waals surface area contributed by atoms with Crippen LogP contribution in [0.15, 0.2) is 30.6 Å². The Bertz CT molecular complexity index is 1050. The lowest BCUT2D eigenvalue weighted by atomic mass is 9.73. The number of pyridine rings is 1. The fourth-order valence-corrected chi connectivity index (χ4v) is 4.54. The van der Waals surface area contributed by atoms with Gasteiger partial charge in [0, 0.05) is 48.5 Å². The predicted octanol–water partition coefficient (Wildman–Crippen LogP) is 3.78. The van der Waals surface area contributed by atoms with Crippen LogP contribution in [0.25, 0.3) is 22.4 Å². The van der Waals surface area contributed by atoms with Gasteiger partial charge in [-0.25, -0.2) is 15.0 Å². The van der Waals surface area contributed by atoms with Crippen LogP contribution in [-0.2, 0) is 9.47 Å². The first-order chi connectivity index (χ1) is 14.5. The van der Waals surface area contributed by atoms with Crippen molar-refractivity contribution in [1.82, 2.24) is 19.9 Å². The molecule has 0 spiro atoms. The smallest absolute Gasteiger partial charge is 0.162 e. The van der Waals surface area contributed by atoms with Crippen molar-refractivity contribution in [2.75, 3.05) is 37.9 Å². The van der Waals surface area contributed by atoms with Crippen molar-refractivity contribution in [3.8, 4) is 11.4 Å². The van der Waals surface area contributed by atoms with Crippen LogP contribution in [0.5, 0.6) is 0 Å². The van der Waals surface area contributed by atoms with Gasteiger partial charge in [-0.1, -0.05) is 13.8 Å². The first kappa shape index (κ1) is 19.5. The summed E-state index contributed by atoms with van der Waals surface area (Å²) in [4.78, 5) is 20.1. The quantitative estimate of drug-likeness (QED) is 0.712. The first-order valence-corrected chi connectivity index (χ1v) is 10.8. The van der Waals surface area contributed by atoms with Crippen LogP contribution in [-0.4, -0.2) is 59.0 Å². The van der Waals surface area contributed by atoms with Gasteiger partial charge in [0.15, 0.2) is 5.82 Å². The number of aromatic nitrogens is 4. The van der Waals surface area contributed by atoms with Gasteiger partial charge in [0.2, 0.25) is 0 Å². The largest absolute Gasteiger partial charge is 0.381 e. The maximum atomic E-state index is 5.87. The minimum absolute atomic E-state index is 0.124. The van der Waals surface area contributed by atoms with E-state index in [4.69, 9.17) is 19.4 Å². The Morgan fingerprint density at radius 1 is 1.13 bits per heavy atom. The average Bonchev–Trinajstić information content (AvgIpc) is 3.22. The highest BCUT2D eigenvalue weighted by molar-refractivity contribution is 5.91. The Hall–Kier alpha value is -2.51. The van der Waals surface area contributed by atoms with Crippen molar-refractivity contribution in [1.29, 1.82) is 0 Å². The molecule has 0 saturated carbocycles. The van der Waals surface area contributed by atoms with Crippen LogP contribution in [0, 0.1) is 5.41 Å². The van der Waals surface area contributed by atoms with E-state index in [9.17, 15) is 0 Å². The van der Waals surface area contributed by atoms with Gasteiger partial charge in [-0.15, -0.1) is 0 Å². The zero-order valence-corrected chi connectivity index (χ0v) is 17.9. The van der Waals surface area contributed by atoms with Gasteiger partial charge in [0.1, 0.15) is 11.5 Å². The zero-order chi connectivity index (χ0) is 20.7. The van der Waals surface area contributed by atoms with E-state index < -0.39 is 0 Å². The predicted molar refractivity (Wildman–Crippen MR) is 117 cm³/mol. The highest BCUT2D eigenvalue weighted by atomic mass is 16.5. The summed E-state index contributed by atoms with van der Waals surface area (Å²) >= 11 is 0. The standard InChI is InChI=1S/C23H29N5O2/c1-15-13-30-11-9-28(15)20-12-19(18-14-29-10-6-23(18,2)3)26-22(27-20)17-5-8-25-21-16(17)4-7-24-21/h4-5,7-8,12,15,18H,6,9-11,13-14H2,1-3H3,(H,24,25)/t15-,18+/m1/s1. The molecule has 3 aromatic rings. The Balaban J connectivity index is 1.66. The molecule has 7 nitrogen and oxygen atoms in total. The fraction of sp³-hybridized carbons (Fsp3) is 0.522. The van der Waals surface area contributed by atoms with Crippen LogP contribution in [0.3, 0.4) is 0 Å². The van der Waals surface area contributed by atoms with E-state index in [-0.39, 0.29) is 17.4 Å². The van der Waals surface area contributed by atoms with E-state index >= 15 is 0 Å². The summed E-state index contributed by atoms with van der Waals surface area (Å²) < 4.78 is 11.5. The van der Waals surface area contributed by atoms with Gasteiger partial charge in [-0.3, -0.25) is 0 Å². The first-order valence-electron chi connectivity index (χ1n) is 10.8. The minimum atomic E-state index is 0.124. The van der Waals surface area contributed by atoms with Crippen molar-refractivity contribution >= 4 is 16.9 Å². The van der Waals surface area contributed by atoms with Gasteiger partial charge in [-0.2, -0.15) is 0 Å². The second-order valence-corrected chi connectivity index (χ2v) is 9.06. The molecule has 2 fully saturated rings. The number of aromatic amines is 1. The number of fused-ring (bicyclic) bond motifs is 1. The van der Waals surface area contributed by atoms with E-state index in [2.05, 4.69) is 41.7 Å². The summed E-state index contributed by atoms with van der Waals surface area (Å²) in [5.41, 5.74) is 3.03. The number of ether oxygens (including phenoxy) is 2. The molecule has 0 radical (unpaired) electrons. The topological polar surface area (TPSA) is 76.2 Å². The number of nitrogens with one attached hydrogen (secondary N) is 1.